The van der Waals surface area contributed by atoms with Gasteiger partial charge in [0.05, 0.1) is 5.69 Å². The summed E-state index contributed by atoms with van der Waals surface area (Å²) in [5.74, 6) is 1.61. The van der Waals surface area contributed by atoms with Crippen LogP contribution in [0.25, 0.3) is 0 Å². The molecule has 22 heavy (non-hydrogen) atoms. The topological polar surface area (TPSA) is 21.6 Å². The van der Waals surface area contributed by atoms with Crippen molar-refractivity contribution in [3.05, 3.63) is 89.4 Å². The van der Waals surface area contributed by atoms with E-state index < -0.39 is 0 Å². The van der Waals surface area contributed by atoms with Gasteiger partial charge in [0.25, 0.3) is 0 Å². The first-order chi connectivity index (χ1) is 10.8. The van der Waals surface area contributed by atoms with Crippen molar-refractivity contribution < 1.29 is 4.74 Å². The fourth-order valence-corrected chi connectivity index (χ4v) is 2.05. The molecule has 0 aromatic heterocycles. The van der Waals surface area contributed by atoms with Crippen LogP contribution in [0.1, 0.15) is 5.56 Å². The number of para-hydroxylation sites is 1. The van der Waals surface area contributed by atoms with E-state index in [2.05, 4.69) is 4.99 Å². The number of ether oxygens (including phenoxy) is 1. The molecule has 0 radical (unpaired) electrons. The van der Waals surface area contributed by atoms with Crippen LogP contribution in [0, 0.1) is 0 Å². The first kappa shape index (κ1) is 14.4. The highest BCUT2D eigenvalue weighted by Crippen LogP contribution is 2.23. The first-order valence-electron chi connectivity index (χ1n) is 6.92. The molecule has 0 aliphatic heterocycles. The molecular formula is C19H14ClNO. The average Bonchev–Trinajstić information content (AvgIpc) is 2.57. The molecule has 3 heteroatoms. The third kappa shape index (κ3) is 3.96. The van der Waals surface area contributed by atoms with E-state index in [1.54, 1.807) is 0 Å². The molecule has 0 amide bonds. The van der Waals surface area contributed by atoms with Crippen molar-refractivity contribution in [2.24, 2.45) is 4.99 Å². The second-order valence-corrected chi connectivity index (χ2v) is 5.16. The van der Waals surface area contributed by atoms with Gasteiger partial charge >= 0.3 is 0 Å². The highest BCUT2D eigenvalue weighted by atomic mass is 35.5. The zero-order chi connectivity index (χ0) is 15.2. The van der Waals surface area contributed by atoms with Gasteiger partial charge in [-0.2, -0.15) is 0 Å². The standard InChI is InChI=1S/C19H14ClNO/c20-16-8-6-15(7-9-16)14-21-17-10-12-19(13-11-17)22-18-4-2-1-3-5-18/h1-14H. The van der Waals surface area contributed by atoms with Crippen molar-refractivity contribution in [2.45, 2.75) is 0 Å². The van der Waals surface area contributed by atoms with Gasteiger partial charge in [-0.15, -0.1) is 0 Å². The van der Waals surface area contributed by atoms with Crippen molar-refractivity contribution in [1.82, 2.24) is 0 Å². The van der Waals surface area contributed by atoms with E-state index in [0.717, 1.165) is 27.8 Å². The molecule has 108 valence electrons. The maximum Gasteiger partial charge on any atom is 0.127 e. The van der Waals surface area contributed by atoms with Gasteiger partial charge in [-0.25, -0.2) is 0 Å². The van der Waals surface area contributed by atoms with E-state index in [4.69, 9.17) is 16.3 Å². The number of nitrogens with zero attached hydrogens (tertiary/aromatic N) is 1. The lowest BCUT2D eigenvalue weighted by Gasteiger charge is -2.05. The van der Waals surface area contributed by atoms with Gasteiger partial charge in [0.1, 0.15) is 11.5 Å². The Labute approximate surface area is 134 Å². The molecule has 0 N–H and O–H groups in total. The maximum absolute atomic E-state index is 5.85. The zero-order valence-electron chi connectivity index (χ0n) is 11.8. The predicted molar refractivity (Wildman–Crippen MR) is 91.7 cm³/mol. The van der Waals surface area contributed by atoms with Crippen LogP contribution in [0.15, 0.2) is 83.9 Å². The van der Waals surface area contributed by atoms with Crippen molar-refractivity contribution in [1.29, 1.82) is 0 Å². The molecule has 0 heterocycles. The van der Waals surface area contributed by atoms with Crippen LogP contribution >= 0.6 is 11.6 Å². The lowest BCUT2D eigenvalue weighted by atomic mass is 10.2. The SMILES string of the molecule is Clc1ccc(C=Nc2ccc(Oc3ccccc3)cc2)cc1. The minimum atomic E-state index is 0.722. The number of rotatable bonds is 4. The van der Waals surface area contributed by atoms with Gasteiger partial charge in [0.15, 0.2) is 0 Å². The Bertz CT molecular complexity index is 750. The second-order valence-electron chi connectivity index (χ2n) is 4.72. The summed E-state index contributed by atoms with van der Waals surface area (Å²) in [5, 5.41) is 0.722. The van der Waals surface area contributed by atoms with E-state index in [-0.39, 0.29) is 0 Å². The Morgan fingerprint density at radius 2 is 1.36 bits per heavy atom. The molecule has 0 fully saturated rings. The lowest BCUT2D eigenvalue weighted by molar-refractivity contribution is 0.483. The Morgan fingerprint density at radius 1 is 0.727 bits per heavy atom. The van der Waals surface area contributed by atoms with Gasteiger partial charge in [0.2, 0.25) is 0 Å². The zero-order valence-corrected chi connectivity index (χ0v) is 12.6. The van der Waals surface area contributed by atoms with E-state index in [0.29, 0.717) is 0 Å². The number of halogens is 1. The molecule has 3 aromatic rings. The molecule has 0 aliphatic rings. The van der Waals surface area contributed by atoms with Gasteiger partial charge < -0.3 is 4.74 Å². The number of aliphatic imine (C=N–C) groups is 1. The minimum Gasteiger partial charge on any atom is -0.457 e. The fraction of sp³-hybridized carbons (Fsp3) is 0. The molecule has 3 aromatic carbocycles. The summed E-state index contributed by atoms with van der Waals surface area (Å²) in [6.07, 6.45) is 1.81. The van der Waals surface area contributed by atoms with Crippen molar-refractivity contribution >= 4 is 23.5 Å². The van der Waals surface area contributed by atoms with Crippen LogP contribution in [-0.2, 0) is 0 Å². The number of hydrogen-bond donors (Lipinski definition) is 0. The molecule has 0 unspecified atom stereocenters. The molecule has 0 atom stereocenters. The molecule has 2 nitrogen and oxygen atoms in total. The van der Waals surface area contributed by atoms with Crippen LogP contribution in [0.2, 0.25) is 5.02 Å². The Kier molecular flexibility index (Phi) is 4.52. The van der Waals surface area contributed by atoms with Crippen LogP contribution in [0.3, 0.4) is 0 Å². The van der Waals surface area contributed by atoms with Gasteiger partial charge in [0, 0.05) is 11.2 Å². The fourth-order valence-electron chi connectivity index (χ4n) is 1.92. The maximum atomic E-state index is 5.85. The Balaban J connectivity index is 1.67. The molecule has 0 saturated heterocycles. The monoisotopic (exact) mass is 307 g/mol. The van der Waals surface area contributed by atoms with E-state index in [1.807, 2.05) is 85.1 Å². The summed E-state index contributed by atoms with van der Waals surface area (Å²) in [7, 11) is 0. The number of hydrogen-bond acceptors (Lipinski definition) is 2. The normalized spacial score (nSPS) is 10.8. The minimum absolute atomic E-state index is 0.722. The molecule has 0 aliphatic carbocycles. The highest BCUT2D eigenvalue weighted by Gasteiger charge is 1.96. The summed E-state index contributed by atoms with van der Waals surface area (Å²) in [4.78, 5) is 4.43. The van der Waals surface area contributed by atoms with E-state index >= 15 is 0 Å². The van der Waals surface area contributed by atoms with Gasteiger partial charge in [-0.1, -0.05) is 41.9 Å². The Morgan fingerprint density at radius 3 is 2.05 bits per heavy atom. The van der Waals surface area contributed by atoms with Gasteiger partial charge in [-0.05, 0) is 54.1 Å². The van der Waals surface area contributed by atoms with Crippen LogP contribution in [0.4, 0.5) is 5.69 Å². The third-order valence-electron chi connectivity index (χ3n) is 3.05. The first-order valence-corrected chi connectivity index (χ1v) is 7.30. The molecule has 0 saturated carbocycles. The van der Waals surface area contributed by atoms with Gasteiger partial charge in [-0.3, -0.25) is 4.99 Å². The molecule has 3 rings (SSSR count). The van der Waals surface area contributed by atoms with Crippen molar-refractivity contribution in [3.8, 4) is 11.5 Å². The number of benzene rings is 3. The van der Waals surface area contributed by atoms with Crippen LogP contribution < -0.4 is 4.74 Å². The third-order valence-corrected chi connectivity index (χ3v) is 3.30. The van der Waals surface area contributed by atoms with Crippen molar-refractivity contribution in [3.63, 3.8) is 0 Å². The summed E-state index contributed by atoms with van der Waals surface area (Å²) >= 11 is 5.85. The predicted octanol–water partition coefficient (Wildman–Crippen LogP) is 5.88. The lowest BCUT2D eigenvalue weighted by Crippen LogP contribution is -1.83. The average molecular weight is 308 g/mol. The quantitative estimate of drug-likeness (QED) is 0.551. The highest BCUT2D eigenvalue weighted by molar-refractivity contribution is 6.30. The van der Waals surface area contributed by atoms with Crippen molar-refractivity contribution in [2.75, 3.05) is 0 Å². The molecule has 0 bridgehead atoms. The second kappa shape index (κ2) is 6.92. The summed E-state index contributed by atoms with van der Waals surface area (Å²) < 4.78 is 5.74. The smallest absolute Gasteiger partial charge is 0.127 e. The van der Waals surface area contributed by atoms with Crippen LogP contribution in [0.5, 0.6) is 11.5 Å². The van der Waals surface area contributed by atoms with E-state index in [9.17, 15) is 0 Å². The molecule has 0 spiro atoms. The Hall–Kier alpha value is -2.58. The van der Waals surface area contributed by atoms with Crippen LogP contribution in [-0.4, -0.2) is 6.21 Å². The van der Waals surface area contributed by atoms with E-state index in [1.165, 1.54) is 0 Å². The summed E-state index contributed by atoms with van der Waals surface area (Å²) in [5.41, 5.74) is 1.88. The summed E-state index contributed by atoms with van der Waals surface area (Å²) in [6.45, 7) is 0. The molecular weight excluding hydrogens is 294 g/mol. The summed E-state index contributed by atoms with van der Waals surface area (Å²) in [6, 6.07) is 24.9. The largest absolute Gasteiger partial charge is 0.457 e.